The molecular formula is C17H11BrClIN6. The average Bonchev–Trinajstić information content (AvgIpc) is 3.24. The maximum absolute atomic E-state index is 5.95. The fourth-order valence-corrected chi connectivity index (χ4v) is 3.76. The molecule has 130 valence electrons. The Morgan fingerprint density at radius 3 is 2.62 bits per heavy atom. The molecule has 2 aromatic heterocycles. The van der Waals surface area contributed by atoms with Crippen LogP contribution in [0.2, 0.25) is 5.02 Å². The molecule has 6 nitrogen and oxygen atoms in total. The second-order valence-corrected chi connectivity index (χ2v) is 7.78. The molecule has 0 N–H and O–H groups in total. The van der Waals surface area contributed by atoms with Gasteiger partial charge in [-0.2, -0.15) is 9.90 Å². The van der Waals surface area contributed by atoms with Gasteiger partial charge in [-0.1, -0.05) is 45.7 Å². The molecule has 9 heteroatoms. The number of nitrogens with zero attached hydrogens (tertiary/aromatic N) is 6. The minimum atomic E-state index is 0.538. The lowest BCUT2D eigenvalue weighted by atomic mass is 10.2. The van der Waals surface area contributed by atoms with Crippen LogP contribution in [0.5, 0.6) is 0 Å². The van der Waals surface area contributed by atoms with E-state index in [0.717, 1.165) is 25.0 Å². The molecule has 26 heavy (non-hydrogen) atoms. The first-order valence-corrected chi connectivity index (χ1v) is 9.88. The summed E-state index contributed by atoms with van der Waals surface area (Å²) in [4.78, 5) is 1.57. The second kappa shape index (κ2) is 7.45. The third kappa shape index (κ3) is 3.53. The predicted molar refractivity (Wildman–Crippen MR) is 111 cm³/mol. The second-order valence-electron chi connectivity index (χ2n) is 5.47. The molecule has 0 atom stereocenters. The van der Waals surface area contributed by atoms with Gasteiger partial charge in [-0.15, -0.1) is 10.2 Å². The summed E-state index contributed by atoms with van der Waals surface area (Å²) in [5.41, 5.74) is 2.84. The molecule has 4 rings (SSSR count). The van der Waals surface area contributed by atoms with Crippen LogP contribution in [0.3, 0.4) is 0 Å². The minimum absolute atomic E-state index is 0.538. The van der Waals surface area contributed by atoms with Crippen molar-refractivity contribution >= 4 is 50.1 Å². The lowest BCUT2D eigenvalue weighted by Gasteiger charge is -2.03. The molecular weight excluding hydrogens is 530 g/mol. The number of rotatable bonds is 4. The molecule has 0 fully saturated rings. The molecule has 0 amide bonds. The smallest absolute Gasteiger partial charge is 0.209 e. The first kappa shape index (κ1) is 17.6. The van der Waals surface area contributed by atoms with Gasteiger partial charge in [0.1, 0.15) is 3.70 Å². The lowest BCUT2D eigenvalue weighted by molar-refractivity contribution is 0.571. The summed E-state index contributed by atoms with van der Waals surface area (Å²) in [6, 6.07) is 15.5. The highest BCUT2D eigenvalue weighted by Gasteiger charge is 2.16. The molecule has 0 spiro atoms. The fraction of sp³-hybridized carbons (Fsp3) is 0.0588. The molecule has 0 bridgehead atoms. The van der Waals surface area contributed by atoms with E-state index in [4.69, 9.17) is 11.6 Å². The molecule has 0 aliphatic rings. The number of halogens is 3. The van der Waals surface area contributed by atoms with Gasteiger partial charge in [0.15, 0.2) is 0 Å². The molecule has 0 radical (unpaired) electrons. The number of hydrogen-bond acceptors (Lipinski definition) is 4. The Hall–Kier alpha value is -1.78. The van der Waals surface area contributed by atoms with Crippen molar-refractivity contribution in [2.24, 2.45) is 0 Å². The van der Waals surface area contributed by atoms with Crippen molar-refractivity contribution in [1.82, 2.24) is 30.0 Å². The van der Waals surface area contributed by atoms with Crippen molar-refractivity contribution in [2.75, 3.05) is 0 Å². The van der Waals surface area contributed by atoms with Gasteiger partial charge in [-0.3, -0.25) is 0 Å². The number of aromatic nitrogens is 6. The van der Waals surface area contributed by atoms with Crippen LogP contribution in [-0.2, 0) is 6.54 Å². The summed E-state index contributed by atoms with van der Waals surface area (Å²) in [5.74, 6) is 0.543. The Bertz CT molecular complexity index is 1060. The van der Waals surface area contributed by atoms with Crippen molar-refractivity contribution in [2.45, 2.75) is 6.54 Å². The van der Waals surface area contributed by atoms with E-state index in [1.54, 1.807) is 11.0 Å². The molecule has 2 aromatic carbocycles. The zero-order valence-corrected chi connectivity index (χ0v) is 17.7. The van der Waals surface area contributed by atoms with E-state index in [-0.39, 0.29) is 0 Å². The summed E-state index contributed by atoms with van der Waals surface area (Å²) in [5, 5.41) is 18.0. The minimum Gasteiger partial charge on any atom is -0.227 e. The van der Waals surface area contributed by atoms with Gasteiger partial charge < -0.3 is 0 Å². The Morgan fingerprint density at radius 2 is 1.85 bits per heavy atom. The average molecular weight is 542 g/mol. The third-order valence-corrected chi connectivity index (χ3v) is 5.81. The molecule has 0 saturated heterocycles. The normalized spacial score (nSPS) is 11.0. The van der Waals surface area contributed by atoms with E-state index in [2.05, 4.69) is 59.0 Å². The van der Waals surface area contributed by atoms with E-state index < -0.39 is 0 Å². The van der Waals surface area contributed by atoms with Gasteiger partial charge in [0.05, 0.1) is 24.0 Å². The van der Waals surface area contributed by atoms with Crippen LogP contribution < -0.4 is 0 Å². The lowest BCUT2D eigenvalue weighted by Crippen LogP contribution is -2.04. The standard InChI is InChI=1S/C17H11BrClIN6/c18-15-4-2-1-3-11(15)10-25-23-17(22-24-25)14-9-21-26(16(14)20)13-7-5-12(19)6-8-13/h1-9H,10H2. The molecule has 2 heterocycles. The Balaban J connectivity index is 1.62. The Labute approximate surface area is 176 Å². The Morgan fingerprint density at radius 1 is 1.08 bits per heavy atom. The van der Waals surface area contributed by atoms with E-state index in [0.29, 0.717) is 17.4 Å². The number of hydrogen-bond donors (Lipinski definition) is 0. The van der Waals surface area contributed by atoms with Crippen molar-refractivity contribution < 1.29 is 0 Å². The van der Waals surface area contributed by atoms with Crippen LogP contribution in [0.15, 0.2) is 59.2 Å². The highest BCUT2D eigenvalue weighted by atomic mass is 127. The SMILES string of the molecule is Clc1ccc(-n2ncc(-c3nnn(Cc4ccccc4Br)n3)c2I)cc1. The van der Waals surface area contributed by atoms with Gasteiger partial charge in [-0.05, 0) is 63.7 Å². The maximum atomic E-state index is 5.95. The Kier molecular flexibility index (Phi) is 5.05. The van der Waals surface area contributed by atoms with Crippen molar-refractivity contribution in [3.8, 4) is 17.1 Å². The van der Waals surface area contributed by atoms with Gasteiger partial charge in [0, 0.05) is 9.50 Å². The summed E-state index contributed by atoms with van der Waals surface area (Å²) in [6.07, 6.45) is 1.75. The molecule has 0 unspecified atom stereocenters. The first-order chi connectivity index (χ1) is 12.6. The van der Waals surface area contributed by atoms with E-state index in [1.807, 2.05) is 53.2 Å². The van der Waals surface area contributed by atoms with Crippen LogP contribution in [0.25, 0.3) is 17.1 Å². The maximum Gasteiger partial charge on any atom is 0.209 e. The largest absolute Gasteiger partial charge is 0.227 e. The van der Waals surface area contributed by atoms with Gasteiger partial charge >= 0.3 is 0 Å². The first-order valence-electron chi connectivity index (χ1n) is 7.63. The fourth-order valence-electron chi connectivity index (χ4n) is 2.44. The van der Waals surface area contributed by atoms with E-state index in [1.165, 1.54) is 0 Å². The molecule has 0 aliphatic carbocycles. The highest BCUT2D eigenvalue weighted by Crippen LogP contribution is 2.25. The monoisotopic (exact) mass is 540 g/mol. The summed E-state index contributed by atoms with van der Waals surface area (Å²) in [7, 11) is 0. The predicted octanol–water partition coefficient (Wildman–Crippen LogP) is 4.59. The van der Waals surface area contributed by atoms with E-state index >= 15 is 0 Å². The summed E-state index contributed by atoms with van der Waals surface area (Å²) in [6.45, 7) is 0.538. The number of tetrazole rings is 1. The van der Waals surface area contributed by atoms with Crippen molar-refractivity contribution in [3.05, 3.63) is 73.5 Å². The van der Waals surface area contributed by atoms with E-state index in [9.17, 15) is 0 Å². The molecule has 4 aromatic rings. The molecule has 0 aliphatic heterocycles. The van der Waals surface area contributed by atoms with Gasteiger partial charge in [-0.25, -0.2) is 4.68 Å². The summed E-state index contributed by atoms with van der Waals surface area (Å²) >= 11 is 11.7. The van der Waals surface area contributed by atoms with Gasteiger partial charge in [0.2, 0.25) is 5.82 Å². The van der Waals surface area contributed by atoms with Crippen LogP contribution in [0.4, 0.5) is 0 Å². The zero-order chi connectivity index (χ0) is 18.1. The zero-order valence-electron chi connectivity index (χ0n) is 13.2. The molecule has 0 saturated carbocycles. The topological polar surface area (TPSA) is 61.4 Å². The van der Waals surface area contributed by atoms with Crippen LogP contribution in [0, 0.1) is 3.70 Å². The third-order valence-electron chi connectivity index (χ3n) is 3.75. The number of benzene rings is 2. The summed E-state index contributed by atoms with van der Waals surface area (Å²) < 4.78 is 3.75. The van der Waals surface area contributed by atoms with Crippen LogP contribution in [0.1, 0.15) is 5.56 Å². The van der Waals surface area contributed by atoms with Crippen LogP contribution in [-0.4, -0.2) is 30.0 Å². The highest BCUT2D eigenvalue weighted by molar-refractivity contribution is 14.1. The van der Waals surface area contributed by atoms with Gasteiger partial charge in [0.25, 0.3) is 0 Å². The quantitative estimate of drug-likeness (QED) is 0.355. The van der Waals surface area contributed by atoms with Crippen molar-refractivity contribution in [1.29, 1.82) is 0 Å². The van der Waals surface area contributed by atoms with Crippen molar-refractivity contribution in [3.63, 3.8) is 0 Å². The van der Waals surface area contributed by atoms with Crippen LogP contribution >= 0.6 is 50.1 Å².